The lowest BCUT2D eigenvalue weighted by atomic mass is 10.0. The topological polar surface area (TPSA) is 30.0 Å². The third kappa shape index (κ3) is 3.92. The molecule has 4 nitrogen and oxygen atoms in total. The Hall–Kier alpha value is -0.160. The largest absolute Gasteiger partial charge is 0.395 e. The van der Waals surface area contributed by atoms with E-state index in [4.69, 9.17) is 5.11 Å². The lowest BCUT2D eigenvalue weighted by Gasteiger charge is -2.42. The summed E-state index contributed by atoms with van der Waals surface area (Å²) < 4.78 is 0. The number of β-amino-alcohol motifs (C(OH)–C–C–N with tert-alkyl or cyclic N) is 1. The van der Waals surface area contributed by atoms with Gasteiger partial charge in [-0.05, 0) is 38.9 Å². The van der Waals surface area contributed by atoms with Gasteiger partial charge in [-0.2, -0.15) is 0 Å². The second kappa shape index (κ2) is 7.43. The highest BCUT2D eigenvalue weighted by Crippen LogP contribution is 2.18. The fourth-order valence-corrected chi connectivity index (χ4v) is 3.32. The van der Waals surface area contributed by atoms with Crippen molar-refractivity contribution in [3.63, 3.8) is 0 Å². The molecule has 0 aromatic rings. The van der Waals surface area contributed by atoms with Crippen LogP contribution in [0.15, 0.2) is 0 Å². The van der Waals surface area contributed by atoms with Gasteiger partial charge in [-0.3, -0.25) is 9.80 Å². The monoisotopic (exact) mass is 255 g/mol. The average Bonchev–Trinajstić information content (AvgIpc) is 2.41. The molecule has 0 bridgehead atoms. The second-order valence-corrected chi connectivity index (χ2v) is 5.67. The molecule has 106 valence electrons. The summed E-state index contributed by atoms with van der Waals surface area (Å²) in [5.41, 5.74) is 0. The maximum absolute atomic E-state index is 8.95. The van der Waals surface area contributed by atoms with Gasteiger partial charge in [0.1, 0.15) is 0 Å². The maximum atomic E-state index is 8.95. The van der Waals surface area contributed by atoms with Crippen molar-refractivity contribution in [2.24, 2.45) is 0 Å². The number of rotatable bonds is 5. The van der Waals surface area contributed by atoms with E-state index in [0.717, 1.165) is 25.7 Å². The van der Waals surface area contributed by atoms with E-state index in [-0.39, 0.29) is 0 Å². The van der Waals surface area contributed by atoms with Crippen LogP contribution in [0, 0.1) is 0 Å². The van der Waals surface area contributed by atoms with E-state index in [1.165, 1.54) is 52.0 Å². The number of hydrogen-bond acceptors (Lipinski definition) is 4. The van der Waals surface area contributed by atoms with Crippen LogP contribution in [-0.2, 0) is 0 Å². The summed E-state index contributed by atoms with van der Waals surface area (Å²) >= 11 is 0. The first-order valence-electron chi connectivity index (χ1n) is 7.63. The van der Waals surface area contributed by atoms with Crippen molar-refractivity contribution in [1.82, 2.24) is 14.7 Å². The zero-order chi connectivity index (χ0) is 12.8. The van der Waals surface area contributed by atoms with Gasteiger partial charge in [0.25, 0.3) is 0 Å². The molecule has 18 heavy (non-hydrogen) atoms. The minimum Gasteiger partial charge on any atom is -0.395 e. The Morgan fingerprint density at radius 2 is 1.50 bits per heavy atom. The van der Waals surface area contributed by atoms with Gasteiger partial charge >= 0.3 is 0 Å². The van der Waals surface area contributed by atoms with Gasteiger partial charge in [0.15, 0.2) is 0 Å². The van der Waals surface area contributed by atoms with Crippen LogP contribution in [0.5, 0.6) is 0 Å². The summed E-state index contributed by atoms with van der Waals surface area (Å²) in [7, 11) is 0. The van der Waals surface area contributed by atoms with Crippen LogP contribution in [0.25, 0.3) is 0 Å². The third-order valence-electron chi connectivity index (χ3n) is 4.44. The van der Waals surface area contributed by atoms with Crippen LogP contribution in [0.1, 0.15) is 26.2 Å². The molecule has 2 aliphatic rings. The van der Waals surface area contributed by atoms with E-state index in [1.54, 1.807) is 0 Å². The van der Waals surface area contributed by atoms with E-state index in [0.29, 0.717) is 6.61 Å². The van der Waals surface area contributed by atoms with Gasteiger partial charge in [0.05, 0.1) is 6.61 Å². The third-order valence-corrected chi connectivity index (χ3v) is 4.44. The van der Waals surface area contributed by atoms with Crippen molar-refractivity contribution in [2.45, 2.75) is 32.2 Å². The first-order valence-corrected chi connectivity index (χ1v) is 7.63. The number of hydrogen-bond donors (Lipinski definition) is 1. The lowest BCUT2D eigenvalue weighted by molar-refractivity contribution is 0.0532. The highest BCUT2D eigenvalue weighted by atomic mass is 16.3. The van der Waals surface area contributed by atoms with Crippen LogP contribution >= 0.6 is 0 Å². The highest BCUT2D eigenvalue weighted by molar-refractivity contribution is 4.83. The van der Waals surface area contributed by atoms with Crippen LogP contribution in [0.3, 0.4) is 0 Å². The van der Waals surface area contributed by atoms with Crippen molar-refractivity contribution in [1.29, 1.82) is 0 Å². The lowest BCUT2D eigenvalue weighted by Crippen LogP contribution is -2.53. The molecule has 0 amide bonds. The fourth-order valence-electron chi connectivity index (χ4n) is 3.32. The molecule has 0 unspecified atom stereocenters. The molecule has 0 spiro atoms. The van der Waals surface area contributed by atoms with Crippen molar-refractivity contribution < 1.29 is 5.11 Å². The van der Waals surface area contributed by atoms with Gasteiger partial charge in [0, 0.05) is 38.8 Å². The Kier molecular flexibility index (Phi) is 5.89. The summed E-state index contributed by atoms with van der Waals surface area (Å²) in [5, 5.41) is 8.95. The molecule has 0 radical (unpaired) electrons. The quantitative estimate of drug-likeness (QED) is 0.773. The SMILES string of the molecule is CCCN1CCC(N2CCN(CCO)CC2)CC1. The molecule has 4 heteroatoms. The standard InChI is InChI=1S/C14H29N3O/c1-2-5-15-6-3-14(4-7-15)17-10-8-16(9-11-17)12-13-18/h14,18H,2-13H2,1H3. The summed E-state index contributed by atoms with van der Waals surface area (Å²) in [6, 6.07) is 0.814. The van der Waals surface area contributed by atoms with Crippen LogP contribution < -0.4 is 0 Å². The molecule has 0 aliphatic carbocycles. The first kappa shape index (κ1) is 14.3. The molecule has 2 saturated heterocycles. The number of piperidine rings is 1. The van der Waals surface area contributed by atoms with Gasteiger partial charge in [-0.1, -0.05) is 6.92 Å². The molecular weight excluding hydrogens is 226 g/mol. The number of piperazine rings is 1. The molecule has 2 rings (SSSR count). The smallest absolute Gasteiger partial charge is 0.0558 e. The van der Waals surface area contributed by atoms with Gasteiger partial charge < -0.3 is 10.0 Å². The van der Waals surface area contributed by atoms with Crippen molar-refractivity contribution in [3.05, 3.63) is 0 Å². The minimum atomic E-state index is 0.301. The van der Waals surface area contributed by atoms with Crippen molar-refractivity contribution in [3.8, 4) is 0 Å². The van der Waals surface area contributed by atoms with Crippen molar-refractivity contribution in [2.75, 3.05) is 59.0 Å². The van der Waals surface area contributed by atoms with Crippen molar-refractivity contribution >= 4 is 0 Å². The fraction of sp³-hybridized carbons (Fsp3) is 1.00. The highest BCUT2D eigenvalue weighted by Gasteiger charge is 2.26. The van der Waals surface area contributed by atoms with E-state index < -0.39 is 0 Å². The summed E-state index contributed by atoms with van der Waals surface area (Å²) in [4.78, 5) is 7.67. The second-order valence-electron chi connectivity index (χ2n) is 5.67. The number of nitrogens with zero attached hydrogens (tertiary/aromatic N) is 3. The van der Waals surface area contributed by atoms with Gasteiger partial charge in [-0.25, -0.2) is 0 Å². The van der Waals surface area contributed by atoms with E-state index >= 15 is 0 Å². The Morgan fingerprint density at radius 1 is 0.889 bits per heavy atom. The predicted molar refractivity (Wildman–Crippen MR) is 74.9 cm³/mol. The average molecular weight is 255 g/mol. The molecule has 2 aliphatic heterocycles. The van der Waals surface area contributed by atoms with E-state index in [9.17, 15) is 0 Å². The van der Waals surface area contributed by atoms with Crippen LogP contribution in [0.4, 0.5) is 0 Å². The van der Waals surface area contributed by atoms with Crippen LogP contribution in [-0.4, -0.2) is 84.8 Å². The number of aliphatic hydroxyl groups excluding tert-OH is 1. The molecule has 0 aromatic heterocycles. The summed E-state index contributed by atoms with van der Waals surface area (Å²) in [6.45, 7) is 11.9. The van der Waals surface area contributed by atoms with E-state index in [2.05, 4.69) is 21.6 Å². The summed E-state index contributed by atoms with van der Waals surface area (Å²) in [6.07, 6.45) is 3.98. The number of aliphatic hydroxyl groups is 1. The zero-order valence-corrected chi connectivity index (χ0v) is 11.9. The first-order chi connectivity index (χ1) is 8.83. The Morgan fingerprint density at radius 3 is 2.06 bits per heavy atom. The molecule has 0 atom stereocenters. The number of likely N-dealkylation sites (tertiary alicyclic amines) is 1. The molecule has 1 N–H and O–H groups in total. The van der Waals surface area contributed by atoms with Gasteiger partial charge in [0.2, 0.25) is 0 Å². The molecular formula is C14H29N3O. The van der Waals surface area contributed by atoms with Crippen LogP contribution in [0.2, 0.25) is 0 Å². The predicted octanol–water partition coefficient (Wildman–Crippen LogP) is 0.471. The zero-order valence-electron chi connectivity index (χ0n) is 11.9. The Balaban J connectivity index is 1.68. The summed E-state index contributed by atoms with van der Waals surface area (Å²) in [5.74, 6) is 0. The molecule has 2 heterocycles. The molecule has 2 fully saturated rings. The Bertz CT molecular complexity index is 197. The normalized spacial score (nSPS) is 25.7. The molecule has 0 aromatic carbocycles. The van der Waals surface area contributed by atoms with Gasteiger partial charge in [-0.15, -0.1) is 0 Å². The minimum absolute atomic E-state index is 0.301. The Labute approximate surface area is 112 Å². The maximum Gasteiger partial charge on any atom is 0.0558 e. The van der Waals surface area contributed by atoms with E-state index in [1.807, 2.05) is 0 Å². The molecule has 0 saturated carbocycles.